The number of ether oxygens (including phenoxy) is 2. The first-order valence-electron chi connectivity index (χ1n) is 9.66. The van der Waals surface area contributed by atoms with Crippen molar-refractivity contribution in [2.75, 3.05) is 30.1 Å². The van der Waals surface area contributed by atoms with Crippen molar-refractivity contribution in [2.24, 2.45) is 0 Å². The maximum Gasteiger partial charge on any atom is 0.255 e. The number of fused-ring (bicyclic) bond motifs is 1. The largest absolute Gasteiger partial charge is 0.454 e. The van der Waals surface area contributed by atoms with Gasteiger partial charge in [0, 0.05) is 29.9 Å². The lowest BCUT2D eigenvalue weighted by atomic mass is 10.1. The van der Waals surface area contributed by atoms with Crippen molar-refractivity contribution in [3.05, 3.63) is 60.2 Å². The molecule has 146 valence electrons. The van der Waals surface area contributed by atoms with Crippen molar-refractivity contribution >= 4 is 17.4 Å². The van der Waals surface area contributed by atoms with E-state index in [4.69, 9.17) is 9.47 Å². The molecule has 3 aromatic rings. The Kier molecular flexibility index (Phi) is 4.48. The fraction of sp³-hybridized carbons (Fsp3) is 0.227. The number of benzene rings is 2. The fourth-order valence-corrected chi connectivity index (χ4v) is 3.59. The summed E-state index contributed by atoms with van der Waals surface area (Å²) in [6.45, 7) is 2.25. The standard InChI is InChI=1S/C22H20N4O3/c27-22(16-6-8-19-20(13-16)29-14-28-19)23-17-5-3-4-15(12-17)18-7-9-21(25-24-18)26-10-1-2-11-26/h3-9,12-13H,1-2,10-11,14H2,(H,23,27). The Bertz CT molecular complexity index is 1050. The van der Waals surface area contributed by atoms with Gasteiger partial charge >= 0.3 is 0 Å². The van der Waals surface area contributed by atoms with Gasteiger partial charge in [-0.1, -0.05) is 12.1 Å². The van der Waals surface area contributed by atoms with E-state index in [2.05, 4.69) is 20.4 Å². The summed E-state index contributed by atoms with van der Waals surface area (Å²) >= 11 is 0. The Balaban J connectivity index is 1.32. The van der Waals surface area contributed by atoms with Crippen LogP contribution in [0.25, 0.3) is 11.3 Å². The van der Waals surface area contributed by atoms with Crippen LogP contribution in [0, 0.1) is 0 Å². The van der Waals surface area contributed by atoms with Gasteiger partial charge in [0.15, 0.2) is 17.3 Å². The van der Waals surface area contributed by atoms with E-state index in [1.54, 1.807) is 18.2 Å². The monoisotopic (exact) mass is 388 g/mol. The van der Waals surface area contributed by atoms with Crippen LogP contribution in [0.1, 0.15) is 23.2 Å². The van der Waals surface area contributed by atoms with E-state index in [9.17, 15) is 4.79 Å². The second-order valence-electron chi connectivity index (χ2n) is 7.07. The Hall–Kier alpha value is -3.61. The third-order valence-electron chi connectivity index (χ3n) is 5.13. The number of hydrogen-bond donors (Lipinski definition) is 1. The van der Waals surface area contributed by atoms with E-state index in [1.165, 1.54) is 12.8 Å². The molecule has 1 amide bonds. The molecule has 2 aliphatic heterocycles. The lowest BCUT2D eigenvalue weighted by Crippen LogP contribution is -2.19. The SMILES string of the molecule is O=C(Nc1cccc(-c2ccc(N3CCCC3)nn2)c1)c1ccc2c(c1)OCO2. The summed E-state index contributed by atoms with van der Waals surface area (Å²) in [5, 5.41) is 11.7. The molecule has 0 saturated carbocycles. The summed E-state index contributed by atoms with van der Waals surface area (Å²) in [6, 6.07) is 16.7. The second kappa shape index (κ2) is 7.43. The van der Waals surface area contributed by atoms with E-state index < -0.39 is 0 Å². The van der Waals surface area contributed by atoms with Crippen molar-refractivity contribution in [3.63, 3.8) is 0 Å². The number of anilines is 2. The topological polar surface area (TPSA) is 76.6 Å². The van der Waals surface area contributed by atoms with E-state index >= 15 is 0 Å². The van der Waals surface area contributed by atoms with E-state index in [1.807, 2.05) is 36.4 Å². The summed E-state index contributed by atoms with van der Waals surface area (Å²) in [4.78, 5) is 14.9. The molecule has 0 atom stereocenters. The lowest BCUT2D eigenvalue weighted by molar-refractivity contribution is 0.102. The molecule has 2 aromatic carbocycles. The van der Waals surface area contributed by atoms with Gasteiger partial charge in [0.1, 0.15) is 0 Å². The Morgan fingerprint density at radius 1 is 0.931 bits per heavy atom. The summed E-state index contributed by atoms with van der Waals surface area (Å²) in [5.74, 6) is 1.94. The van der Waals surface area contributed by atoms with Crippen molar-refractivity contribution in [3.8, 4) is 22.8 Å². The summed E-state index contributed by atoms with van der Waals surface area (Å²) in [7, 11) is 0. The van der Waals surface area contributed by atoms with Gasteiger partial charge in [-0.05, 0) is 55.3 Å². The minimum absolute atomic E-state index is 0.181. The van der Waals surface area contributed by atoms with Crippen molar-refractivity contribution in [2.45, 2.75) is 12.8 Å². The fourth-order valence-electron chi connectivity index (χ4n) is 3.59. The minimum atomic E-state index is -0.212. The number of nitrogens with zero attached hydrogens (tertiary/aromatic N) is 3. The normalized spacial score (nSPS) is 14.8. The van der Waals surface area contributed by atoms with Crippen LogP contribution in [0.3, 0.4) is 0 Å². The molecule has 0 aliphatic carbocycles. The summed E-state index contributed by atoms with van der Waals surface area (Å²) in [6.07, 6.45) is 2.41. The Morgan fingerprint density at radius 3 is 2.62 bits per heavy atom. The molecule has 1 aromatic heterocycles. The van der Waals surface area contributed by atoms with Crippen LogP contribution >= 0.6 is 0 Å². The average Bonchev–Trinajstić information content (AvgIpc) is 3.45. The molecule has 7 nitrogen and oxygen atoms in total. The highest BCUT2D eigenvalue weighted by atomic mass is 16.7. The molecule has 3 heterocycles. The van der Waals surface area contributed by atoms with Crippen LogP contribution in [0.4, 0.5) is 11.5 Å². The third kappa shape index (κ3) is 3.59. The van der Waals surface area contributed by atoms with Crippen LogP contribution in [-0.2, 0) is 0 Å². The molecular weight excluding hydrogens is 368 g/mol. The first-order chi connectivity index (χ1) is 14.3. The Labute approximate surface area is 168 Å². The van der Waals surface area contributed by atoms with Crippen molar-refractivity contribution in [1.82, 2.24) is 10.2 Å². The van der Waals surface area contributed by atoms with E-state index in [0.29, 0.717) is 22.7 Å². The van der Waals surface area contributed by atoms with Crippen LogP contribution in [0.15, 0.2) is 54.6 Å². The van der Waals surface area contributed by atoms with Gasteiger partial charge in [0.25, 0.3) is 5.91 Å². The molecule has 0 radical (unpaired) electrons. The van der Waals surface area contributed by atoms with Gasteiger partial charge in [-0.25, -0.2) is 0 Å². The number of nitrogens with one attached hydrogen (secondary N) is 1. The zero-order chi connectivity index (χ0) is 19.6. The first kappa shape index (κ1) is 17.5. The maximum absolute atomic E-state index is 12.6. The zero-order valence-electron chi connectivity index (χ0n) is 15.8. The molecule has 1 saturated heterocycles. The molecule has 5 rings (SSSR count). The molecule has 1 N–H and O–H groups in total. The van der Waals surface area contributed by atoms with Gasteiger partial charge < -0.3 is 19.7 Å². The van der Waals surface area contributed by atoms with Gasteiger partial charge in [-0.2, -0.15) is 0 Å². The molecule has 0 spiro atoms. The van der Waals surface area contributed by atoms with Gasteiger partial charge in [-0.3, -0.25) is 4.79 Å². The van der Waals surface area contributed by atoms with Crippen LogP contribution < -0.4 is 19.7 Å². The third-order valence-corrected chi connectivity index (χ3v) is 5.13. The van der Waals surface area contributed by atoms with Gasteiger partial charge in [0.05, 0.1) is 5.69 Å². The molecule has 7 heteroatoms. The lowest BCUT2D eigenvalue weighted by Gasteiger charge is -2.15. The number of aromatic nitrogens is 2. The molecule has 29 heavy (non-hydrogen) atoms. The van der Waals surface area contributed by atoms with Crippen LogP contribution in [0.2, 0.25) is 0 Å². The predicted molar refractivity (Wildman–Crippen MR) is 109 cm³/mol. The first-order valence-corrected chi connectivity index (χ1v) is 9.66. The number of rotatable bonds is 4. The highest BCUT2D eigenvalue weighted by Crippen LogP contribution is 2.32. The highest BCUT2D eigenvalue weighted by molar-refractivity contribution is 6.05. The molecule has 0 bridgehead atoms. The van der Waals surface area contributed by atoms with Gasteiger partial charge in [0.2, 0.25) is 6.79 Å². The van der Waals surface area contributed by atoms with Crippen molar-refractivity contribution < 1.29 is 14.3 Å². The van der Waals surface area contributed by atoms with Gasteiger partial charge in [-0.15, -0.1) is 10.2 Å². The van der Waals surface area contributed by atoms with Crippen LogP contribution in [-0.4, -0.2) is 36.0 Å². The number of carbonyl (C=O) groups excluding carboxylic acids is 1. The molecule has 2 aliphatic rings. The number of hydrogen-bond acceptors (Lipinski definition) is 6. The minimum Gasteiger partial charge on any atom is -0.454 e. The summed E-state index contributed by atoms with van der Waals surface area (Å²) < 4.78 is 10.6. The number of carbonyl (C=O) groups is 1. The quantitative estimate of drug-likeness (QED) is 0.734. The van der Waals surface area contributed by atoms with E-state index in [-0.39, 0.29) is 12.7 Å². The molecule has 0 unspecified atom stereocenters. The predicted octanol–water partition coefficient (Wildman–Crippen LogP) is 3.72. The number of amides is 1. The van der Waals surface area contributed by atoms with E-state index in [0.717, 1.165) is 30.2 Å². The summed E-state index contributed by atoms with van der Waals surface area (Å²) in [5.41, 5.74) is 2.87. The van der Waals surface area contributed by atoms with Crippen LogP contribution in [0.5, 0.6) is 11.5 Å². The Morgan fingerprint density at radius 2 is 1.79 bits per heavy atom. The maximum atomic E-state index is 12.6. The average molecular weight is 388 g/mol. The smallest absolute Gasteiger partial charge is 0.255 e. The molecule has 1 fully saturated rings. The second-order valence-corrected chi connectivity index (χ2v) is 7.07. The highest BCUT2D eigenvalue weighted by Gasteiger charge is 2.17. The zero-order valence-corrected chi connectivity index (χ0v) is 15.8. The molecular formula is C22H20N4O3. The van der Waals surface area contributed by atoms with Crippen molar-refractivity contribution in [1.29, 1.82) is 0 Å².